The van der Waals surface area contributed by atoms with Gasteiger partial charge < -0.3 is 10.1 Å². The summed E-state index contributed by atoms with van der Waals surface area (Å²) in [5.41, 5.74) is 1.58. The van der Waals surface area contributed by atoms with E-state index in [4.69, 9.17) is 27.9 Å². The summed E-state index contributed by atoms with van der Waals surface area (Å²) in [5.74, 6) is -1.33. The Kier molecular flexibility index (Phi) is 6.16. The van der Waals surface area contributed by atoms with Crippen LogP contribution >= 0.6 is 23.2 Å². The van der Waals surface area contributed by atoms with E-state index in [1.165, 1.54) is 12.1 Å². The fourth-order valence-electron chi connectivity index (χ4n) is 3.41. The maximum Gasteiger partial charge on any atom is 0.311 e. The molecule has 0 spiro atoms. The third-order valence-electron chi connectivity index (χ3n) is 5.14. The largest absolute Gasteiger partial charge is 0.442 e. The molecule has 2 aromatic carbocycles. The van der Waals surface area contributed by atoms with E-state index in [1.54, 1.807) is 42.5 Å². The molecule has 3 atom stereocenters. The van der Waals surface area contributed by atoms with E-state index in [2.05, 4.69) is 5.32 Å². The Morgan fingerprint density at radius 3 is 2.55 bits per heavy atom. The molecule has 0 aliphatic heterocycles. The molecule has 3 rings (SSSR count). The van der Waals surface area contributed by atoms with Crippen molar-refractivity contribution in [1.82, 2.24) is 0 Å². The minimum Gasteiger partial charge on any atom is -0.442 e. The van der Waals surface area contributed by atoms with Crippen molar-refractivity contribution < 1.29 is 13.9 Å². The summed E-state index contributed by atoms with van der Waals surface area (Å²) >= 11 is 11.5. The van der Waals surface area contributed by atoms with Crippen LogP contribution in [0.25, 0.3) is 0 Å². The Balaban J connectivity index is 1.72. The number of carbonyl (C=O) groups is 1. The third-order valence-corrected chi connectivity index (χ3v) is 5.40. The zero-order valence-corrected chi connectivity index (χ0v) is 17.3. The molecular formula is C22H19Cl2FN2O2. The van der Waals surface area contributed by atoms with E-state index < -0.39 is 18.0 Å². The Bertz CT molecular complexity index is 979. The molecule has 1 fully saturated rings. The molecule has 1 aliphatic carbocycles. The first-order chi connectivity index (χ1) is 13.7. The van der Waals surface area contributed by atoms with Gasteiger partial charge in [-0.2, -0.15) is 5.26 Å². The molecule has 7 heteroatoms. The molecule has 0 heterocycles. The predicted molar refractivity (Wildman–Crippen MR) is 111 cm³/mol. The molecule has 2 aromatic rings. The molecule has 0 bridgehead atoms. The number of ether oxygens (including phenoxy) is 1. The SMILES string of the molecule is CC1(C)C(C=C(Cl)Cl)C1C(=O)OC(C#N)c1cccc(Nc2ccc(F)cc2)c1. The van der Waals surface area contributed by atoms with Gasteiger partial charge in [0.25, 0.3) is 0 Å². The van der Waals surface area contributed by atoms with Crippen molar-refractivity contribution in [3.63, 3.8) is 0 Å². The summed E-state index contributed by atoms with van der Waals surface area (Å²) in [4.78, 5) is 12.6. The predicted octanol–water partition coefficient (Wildman–Crippen LogP) is 6.27. The first kappa shape index (κ1) is 21.2. The summed E-state index contributed by atoms with van der Waals surface area (Å²) in [7, 11) is 0. The number of carbonyl (C=O) groups excluding carboxylic acids is 1. The summed E-state index contributed by atoms with van der Waals surface area (Å²) in [6.07, 6.45) is 0.578. The van der Waals surface area contributed by atoms with Gasteiger partial charge in [-0.25, -0.2) is 4.39 Å². The van der Waals surface area contributed by atoms with Gasteiger partial charge in [0.1, 0.15) is 16.4 Å². The third kappa shape index (κ3) is 4.90. The number of anilines is 2. The van der Waals surface area contributed by atoms with Crippen LogP contribution in [0.1, 0.15) is 25.5 Å². The van der Waals surface area contributed by atoms with Gasteiger partial charge in [-0.15, -0.1) is 0 Å². The Labute approximate surface area is 178 Å². The van der Waals surface area contributed by atoms with E-state index in [-0.39, 0.29) is 21.6 Å². The van der Waals surface area contributed by atoms with E-state index in [0.717, 1.165) is 0 Å². The lowest BCUT2D eigenvalue weighted by Crippen LogP contribution is -2.14. The lowest BCUT2D eigenvalue weighted by molar-refractivity contribution is -0.149. The number of benzene rings is 2. The van der Waals surface area contributed by atoms with Crippen molar-refractivity contribution in [2.24, 2.45) is 17.3 Å². The number of rotatable bonds is 6. The molecule has 0 saturated heterocycles. The van der Waals surface area contributed by atoms with Crippen molar-refractivity contribution in [3.05, 3.63) is 70.5 Å². The number of hydrogen-bond donors (Lipinski definition) is 1. The van der Waals surface area contributed by atoms with Crippen LogP contribution in [0, 0.1) is 34.4 Å². The van der Waals surface area contributed by atoms with Gasteiger partial charge in [-0.3, -0.25) is 4.79 Å². The van der Waals surface area contributed by atoms with Crippen molar-refractivity contribution in [3.8, 4) is 6.07 Å². The highest BCUT2D eigenvalue weighted by Gasteiger charge is 2.62. The molecule has 1 aliphatic rings. The van der Waals surface area contributed by atoms with Crippen LogP contribution in [0.4, 0.5) is 15.8 Å². The molecule has 1 N–H and O–H groups in total. The number of allylic oxidation sites excluding steroid dienone is 1. The van der Waals surface area contributed by atoms with Crippen molar-refractivity contribution in [2.75, 3.05) is 5.32 Å². The average molecular weight is 433 g/mol. The molecule has 150 valence electrons. The monoisotopic (exact) mass is 432 g/mol. The van der Waals surface area contributed by atoms with E-state index in [9.17, 15) is 14.4 Å². The van der Waals surface area contributed by atoms with E-state index in [0.29, 0.717) is 16.9 Å². The maximum atomic E-state index is 13.1. The molecule has 0 aromatic heterocycles. The quantitative estimate of drug-likeness (QED) is 0.546. The van der Waals surface area contributed by atoms with Gasteiger partial charge in [0.05, 0.1) is 5.92 Å². The zero-order chi connectivity index (χ0) is 21.2. The highest BCUT2D eigenvalue weighted by Crippen LogP contribution is 2.60. The Hall–Kier alpha value is -2.55. The molecule has 1 saturated carbocycles. The molecule has 0 amide bonds. The van der Waals surface area contributed by atoms with Gasteiger partial charge >= 0.3 is 5.97 Å². The first-order valence-electron chi connectivity index (χ1n) is 8.98. The van der Waals surface area contributed by atoms with Crippen LogP contribution in [0.5, 0.6) is 0 Å². The van der Waals surface area contributed by atoms with E-state index in [1.807, 2.05) is 19.9 Å². The van der Waals surface area contributed by atoms with Crippen LogP contribution in [-0.2, 0) is 9.53 Å². The standard InChI is InChI=1S/C22H19Cl2FN2O2/c1-22(2)17(11-19(23)24)20(22)21(28)29-18(12-26)13-4-3-5-16(10-13)27-15-8-6-14(25)7-9-15/h3-11,17-18,20,27H,1-2H3. The first-order valence-corrected chi connectivity index (χ1v) is 9.73. The number of halogens is 3. The number of esters is 1. The van der Waals surface area contributed by atoms with Crippen LogP contribution in [-0.4, -0.2) is 5.97 Å². The zero-order valence-electron chi connectivity index (χ0n) is 15.8. The van der Waals surface area contributed by atoms with Crippen LogP contribution in [0.3, 0.4) is 0 Å². The van der Waals surface area contributed by atoms with Crippen molar-refractivity contribution in [2.45, 2.75) is 20.0 Å². The highest BCUT2D eigenvalue weighted by molar-refractivity contribution is 6.55. The van der Waals surface area contributed by atoms with Crippen molar-refractivity contribution in [1.29, 1.82) is 5.26 Å². The number of nitrogens with zero attached hydrogens (tertiary/aromatic N) is 1. The molecule has 3 unspecified atom stereocenters. The second-order valence-electron chi connectivity index (χ2n) is 7.48. The molecule has 0 radical (unpaired) electrons. The smallest absolute Gasteiger partial charge is 0.311 e. The number of hydrogen-bond acceptors (Lipinski definition) is 4. The Morgan fingerprint density at radius 2 is 1.93 bits per heavy atom. The van der Waals surface area contributed by atoms with Gasteiger partial charge in [0.2, 0.25) is 6.10 Å². The van der Waals surface area contributed by atoms with Gasteiger partial charge in [0, 0.05) is 16.9 Å². The topological polar surface area (TPSA) is 62.1 Å². The average Bonchev–Trinajstić information content (AvgIpc) is 3.21. The van der Waals surface area contributed by atoms with Gasteiger partial charge in [-0.05, 0) is 53.8 Å². The fraction of sp³-hybridized carbons (Fsp3) is 0.273. The summed E-state index contributed by atoms with van der Waals surface area (Å²) < 4.78 is 18.6. The lowest BCUT2D eigenvalue weighted by Gasteiger charge is -2.14. The molecule has 4 nitrogen and oxygen atoms in total. The highest BCUT2D eigenvalue weighted by atomic mass is 35.5. The van der Waals surface area contributed by atoms with Gasteiger partial charge in [-0.1, -0.05) is 49.2 Å². The summed E-state index contributed by atoms with van der Waals surface area (Å²) in [6.45, 7) is 3.84. The number of nitrogens with one attached hydrogen (secondary N) is 1. The maximum absolute atomic E-state index is 13.1. The Morgan fingerprint density at radius 1 is 1.24 bits per heavy atom. The normalized spacial score (nSPS) is 20.1. The molecule has 29 heavy (non-hydrogen) atoms. The van der Waals surface area contributed by atoms with Crippen LogP contribution in [0.15, 0.2) is 59.1 Å². The number of nitriles is 1. The minimum atomic E-state index is -1.05. The molecular weight excluding hydrogens is 414 g/mol. The minimum absolute atomic E-state index is 0.106. The second kappa shape index (κ2) is 8.44. The van der Waals surface area contributed by atoms with Crippen LogP contribution in [0.2, 0.25) is 0 Å². The summed E-state index contributed by atoms with van der Waals surface area (Å²) in [6, 6.07) is 14.9. The van der Waals surface area contributed by atoms with E-state index >= 15 is 0 Å². The lowest BCUT2D eigenvalue weighted by atomic mass is 10.1. The van der Waals surface area contributed by atoms with Gasteiger partial charge in [0.15, 0.2) is 0 Å². The van der Waals surface area contributed by atoms with Crippen molar-refractivity contribution >= 4 is 40.5 Å². The fourth-order valence-corrected chi connectivity index (χ4v) is 3.68. The summed E-state index contributed by atoms with van der Waals surface area (Å²) in [5, 5.41) is 12.7. The van der Waals surface area contributed by atoms with Crippen LogP contribution < -0.4 is 5.32 Å². The second-order valence-corrected chi connectivity index (χ2v) is 8.49.